The quantitative estimate of drug-likeness (QED) is 0.329. The van der Waals surface area contributed by atoms with Gasteiger partial charge < -0.3 is 13.9 Å². The summed E-state index contributed by atoms with van der Waals surface area (Å²) in [6, 6.07) is 28.8. The van der Waals surface area contributed by atoms with Gasteiger partial charge in [0.25, 0.3) is 0 Å². The van der Waals surface area contributed by atoms with E-state index in [9.17, 15) is 0 Å². The average molecular weight is 378 g/mol. The summed E-state index contributed by atoms with van der Waals surface area (Å²) in [6.45, 7) is 0. The molecular formula is C26H18O3. The zero-order valence-corrected chi connectivity index (χ0v) is 15.9. The third kappa shape index (κ3) is 2.44. The molecule has 0 saturated carbocycles. The minimum atomic E-state index is -0.0812. The van der Waals surface area contributed by atoms with Crippen LogP contribution in [0, 0.1) is 0 Å². The van der Waals surface area contributed by atoms with E-state index in [0.717, 1.165) is 45.1 Å². The van der Waals surface area contributed by atoms with Gasteiger partial charge in [0.1, 0.15) is 28.6 Å². The van der Waals surface area contributed by atoms with Crippen LogP contribution in [-0.4, -0.2) is 7.11 Å². The van der Waals surface area contributed by atoms with Gasteiger partial charge in [0.05, 0.1) is 13.0 Å². The summed E-state index contributed by atoms with van der Waals surface area (Å²) in [5.74, 6) is 3.33. The van der Waals surface area contributed by atoms with Crippen LogP contribution in [-0.2, 0) is 0 Å². The summed E-state index contributed by atoms with van der Waals surface area (Å²) in [4.78, 5) is 0. The Morgan fingerprint density at radius 3 is 2.41 bits per heavy atom. The third-order valence-corrected chi connectivity index (χ3v) is 5.70. The number of ether oxygens (including phenoxy) is 2. The Morgan fingerprint density at radius 2 is 1.55 bits per heavy atom. The van der Waals surface area contributed by atoms with E-state index in [1.807, 2.05) is 30.3 Å². The second-order valence-electron chi connectivity index (χ2n) is 7.32. The van der Waals surface area contributed by atoms with Crippen LogP contribution in [0.15, 0.2) is 89.3 Å². The molecule has 0 N–H and O–H groups in total. The summed E-state index contributed by atoms with van der Waals surface area (Å²) >= 11 is 0. The zero-order valence-electron chi connectivity index (χ0n) is 15.9. The Hall–Kier alpha value is -3.72. The van der Waals surface area contributed by atoms with Crippen LogP contribution in [0.2, 0.25) is 0 Å². The SMILES string of the molecule is COc1ccc2c(c1)C(c1cc3ccccc3o1)c1c(ccc3ccccc13)O2. The standard InChI is InChI=1S/C26H18O3/c1-27-18-11-13-22-20(15-18)26(24-14-17-7-3-5-9-21(17)28-24)25-19-8-4-2-6-16(19)10-12-23(25)29-22/h2-15,26H,1H3. The summed E-state index contributed by atoms with van der Waals surface area (Å²) in [5.41, 5.74) is 3.07. The highest BCUT2D eigenvalue weighted by Crippen LogP contribution is 2.51. The number of hydrogen-bond donors (Lipinski definition) is 0. The maximum absolute atomic E-state index is 6.35. The molecule has 6 rings (SSSR count). The van der Waals surface area contributed by atoms with Gasteiger partial charge >= 0.3 is 0 Å². The second-order valence-corrected chi connectivity index (χ2v) is 7.32. The monoisotopic (exact) mass is 378 g/mol. The molecule has 1 aliphatic rings. The van der Waals surface area contributed by atoms with Crippen molar-refractivity contribution >= 4 is 21.7 Å². The van der Waals surface area contributed by atoms with Crippen molar-refractivity contribution in [2.24, 2.45) is 0 Å². The van der Waals surface area contributed by atoms with E-state index >= 15 is 0 Å². The number of para-hydroxylation sites is 1. The van der Waals surface area contributed by atoms with Crippen LogP contribution in [0.4, 0.5) is 0 Å². The molecule has 1 aromatic heterocycles. The summed E-state index contributed by atoms with van der Waals surface area (Å²) in [7, 11) is 1.69. The lowest BCUT2D eigenvalue weighted by molar-refractivity contribution is 0.407. The van der Waals surface area contributed by atoms with Crippen molar-refractivity contribution in [3.8, 4) is 17.2 Å². The highest BCUT2D eigenvalue weighted by atomic mass is 16.5. The van der Waals surface area contributed by atoms with Gasteiger partial charge in [0, 0.05) is 16.5 Å². The van der Waals surface area contributed by atoms with E-state index in [-0.39, 0.29) is 5.92 Å². The number of fused-ring (bicyclic) bond motifs is 5. The van der Waals surface area contributed by atoms with Crippen molar-refractivity contribution in [3.05, 3.63) is 102 Å². The Bertz CT molecular complexity index is 1350. The fraction of sp³-hybridized carbons (Fsp3) is 0.0769. The molecule has 140 valence electrons. The van der Waals surface area contributed by atoms with Gasteiger partial charge in [-0.1, -0.05) is 48.5 Å². The molecule has 3 heteroatoms. The van der Waals surface area contributed by atoms with Crippen molar-refractivity contribution in [2.45, 2.75) is 5.92 Å². The fourth-order valence-electron chi connectivity index (χ4n) is 4.35. The first-order valence-electron chi connectivity index (χ1n) is 9.68. The number of rotatable bonds is 2. The number of furan rings is 1. The zero-order chi connectivity index (χ0) is 19.4. The van der Waals surface area contributed by atoms with E-state index in [1.54, 1.807) is 7.11 Å². The Labute approximate surface area is 168 Å². The minimum absolute atomic E-state index is 0.0812. The van der Waals surface area contributed by atoms with Gasteiger partial charge in [-0.05, 0) is 47.2 Å². The first kappa shape index (κ1) is 16.3. The lowest BCUT2D eigenvalue weighted by atomic mass is 9.83. The van der Waals surface area contributed by atoms with E-state index in [2.05, 4.69) is 54.6 Å². The molecule has 29 heavy (non-hydrogen) atoms. The van der Waals surface area contributed by atoms with Crippen molar-refractivity contribution < 1.29 is 13.9 Å². The molecule has 1 aliphatic heterocycles. The smallest absolute Gasteiger partial charge is 0.134 e. The molecule has 0 amide bonds. The summed E-state index contributed by atoms with van der Waals surface area (Å²) in [6.07, 6.45) is 0. The summed E-state index contributed by atoms with van der Waals surface area (Å²) < 4.78 is 18.2. The molecule has 4 aromatic carbocycles. The lowest BCUT2D eigenvalue weighted by Crippen LogP contribution is -2.12. The van der Waals surface area contributed by atoms with Gasteiger partial charge in [-0.2, -0.15) is 0 Å². The predicted molar refractivity (Wildman–Crippen MR) is 114 cm³/mol. The van der Waals surface area contributed by atoms with Crippen molar-refractivity contribution in [1.82, 2.24) is 0 Å². The van der Waals surface area contributed by atoms with E-state index in [0.29, 0.717) is 0 Å². The summed E-state index contributed by atoms with van der Waals surface area (Å²) in [5, 5.41) is 3.45. The number of benzene rings is 4. The first-order chi connectivity index (χ1) is 14.3. The predicted octanol–water partition coefficient (Wildman–Crippen LogP) is 6.88. The van der Waals surface area contributed by atoms with Crippen LogP contribution in [0.25, 0.3) is 21.7 Å². The largest absolute Gasteiger partial charge is 0.497 e. The molecule has 0 radical (unpaired) electrons. The molecule has 0 bridgehead atoms. The number of hydrogen-bond acceptors (Lipinski definition) is 3. The van der Waals surface area contributed by atoms with E-state index in [1.165, 1.54) is 10.8 Å². The third-order valence-electron chi connectivity index (χ3n) is 5.70. The van der Waals surface area contributed by atoms with Gasteiger partial charge in [0.2, 0.25) is 0 Å². The molecular weight excluding hydrogens is 360 g/mol. The molecule has 5 aromatic rings. The molecule has 0 saturated heterocycles. The van der Waals surface area contributed by atoms with Crippen LogP contribution < -0.4 is 9.47 Å². The van der Waals surface area contributed by atoms with E-state index < -0.39 is 0 Å². The van der Waals surface area contributed by atoms with Crippen LogP contribution >= 0.6 is 0 Å². The first-order valence-corrected chi connectivity index (χ1v) is 9.68. The normalized spacial score (nSPS) is 15.0. The average Bonchev–Trinajstić information content (AvgIpc) is 3.20. The van der Waals surface area contributed by atoms with Crippen LogP contribution in [0.1, 0.15) is 22.8 Å². The Balaban J connectivity index is 1.69. The maximum atomic E-state index is 6.35. The van der Waals surface area contributed by atoms with Gasteiger partial charge in [-0.25, -0.2) is 0 Å². The van der Waals surface area contributed by atoms with Gasteiger partial charge in [0.15, 0.2) is 0 Å². The van der Waals surface area contributed by atoms with Crippen molar-refractivity contribution in [2.75, 3.05) is 7.11 Å². The maximum Gasteiger partial charge on any atom is 0.134 e. The van der Waals surface area contributed by atoms with Gasteiger partial charge in [-0.3, -0.25) is 0 Å². The fourth-order valence-corrected chi connectivity index (χ4v) is 4.35. The minimum Gasteiger partial charge on any atom is -0.497 e. The lowest BCUT2D eigenvalue weighted by Gasteiger charge is -2.28. The second kappa shape index (κ2) is 6.14. The molecule has 1 atom stereocenters. The topological polar surface area (TPSA) is 31.6 Å². The molecule has 2 heterocycles. The Morgan fingerprint density at radius 1 is 0.759 bits per heavy atom. The molecule has 0 aliphatic carbocycles. The molecule has 0 fully saturated rings. The molecule has 3 nitrogen and oxygen atoms in total. The molecule has 0 spiro atoms. The number of methoxy groups -OCH3 is 1. The van der Waals surface area contributed by atoms with Crippen LogP contribution in [0.3, 0.4) is 0 Å². The van der Waals surface area contributed by atoms with E-state index in [4.69, 9.17) is 13.9 Å². The van der Waals surface area contributed by atoms with Crippen molar-refractivity contribution in [1.29, 1.82) is 0 Å². The van der Waals surface area contributed by atoms with Crippen molar-refractivity contribution in [3.63, 3.8) is 0 Å². The Kier molecular flexibility index (Phi) is 3.44. The van der Waals surface area contributed by atoms with Gasteiger partial charge in [-0.15, -0.1) is 0 Å². The van der Waals surface area contributed by atoms with Crippen LogP contribution in [0.5, 0.6) is 17.2 Å². The molecule has 1 unspecified atom stereocenters. The highest BCUT2D eigenvalue weighted by molar-refractivity contribution is 5.90. The highest BCUT2D eigenvalue weighted by Gasteiger charge is 2.33.